The van der Waals surface area contributed by atoms with Gasteiger partial charge in [0.15, 0.2) is 0 Å². The molecule has 84 valence electrons. The monoisotopic (exact) mass is 272 g/mol. The summed E-state index contributed by atoms with van der Waals surface area (Å²) in [5.41, 5.74) is 1.30. The van der Waals surface area contributed by atoms with Gasteiger partial charge in [-0.15, -0.1) is 0 Å². The van der Waals surface area contributed by atoms with E-state index in [1.165, 1.54) is 5.56 Å². The summed E-state index contributed by atoms with van der Waals surface area (Å²) < 4.78 is 11.7. The highest BCUT2D eigenvalue weighted by atomic mass is 79.9. The molecule has 0 saturated heterocycles. The van der Waals surface area contributed by atoms with Gasteiger partial charge in [0, 0.05) is 7.11 Å². The van der Waals surface area contributed by atoms with Crippen LogP contribution in [0.5, 0.6) is 5.75 Å². The minimum absolute atomic E-state index is 0.0683. The normalized spacial score (nSPS) is 12.5. The van der Waals surface area contributed by atoms with Crippen LogP contribution in [0.1, 0.15) is 19.4 Å². The van der Waals surface area contributed by atoms with Crippen molar-refractivity contribution in [2.75, 3.05) is 13.7 Å². The SMILES string of the molecule is CCc1ccc(OC(C)COC)c(Br)c1. The lowest BCUT2D eigenvalue weighted by Gasteiger charge is -2.15. The predicted octanol–water partition coefficient (Wildman–Crippen LogP) is 3.43. The van der Waals surface area contributed by atoms with Gasteiger partial charge in [0.05, 0.1) is 11.1 Å². The topological polar surface area (TPSA) is 18.5 Å². The molecule has 3 heteroatoms. The molecular formula is C12H17BrO2. The van der Waals surface area contributed by atoms with E-state index in [1.54, 1.807) is 7.11 Å². The van der Waals surface area contributed by atoms with Gasteiger partial charge in [0.2, 0.25) is 0 Å². The molecule has 0 spiro atoms. The highest BCUT2D eigenvalue weighted by Crippen LogP contribution is 2.27. The van der Waals surface area contributed by atoms with Crippen LogP contribution in [0.3, 0.4) is 0 Å². The first-order valence-corrected chi connectivity index (χ1v) is 5.90. The quantitative estimate of drug-likeness (QED) is 0.818. The van der Waals surface area contributed by atoms with E-state index >= 15 is 0 Å². The summed E-state index contributed by atoms with van der Waals surface area (Å²) in [4.78, 5) is 0. The van der Waals surface area contributed by atoms with Crippen LogP contribution in [0.4, 0.5) is 0 Å². The molecule has 0 aromatic heterocycles. The Kier molecular flexibility index (Phi) is 5.12. The Hall–Kier alpha value is -0.540. The van der Waals surface area contributed by atoms with Gasteiger partial charge in [-0.05, 0) is 47.0 Å². The zero-order valence-electron chi connectivity index (χ0n) is 9.42. The van der Waals surface area contributed by atoms with Gasteiger partial charge in [-0.1, -0.05) is 13.0 Å². The van der Waals surface area contributed by atoms with Crippen molar-refractivity contribution in [2.45, 2.75) is 26.4 Å². The zero-order chi connectivity index (χ0) is 11.3. The van der Waals surface area contributed by atoms with Gasteiger partial charge >= 0.3 is 0 Å². The molecule has 1 rings (SSSR count). The third-order valence-electron chi connectivity index (χ3n) is 2.13. The van der Waals surface area contributed by atoms with Crippen LogP contribution >= 0.6 is 15.9 Å². The molecule has 15 heavy (non-hydrogen) atoms. The van der Waals surface area contributed by atoms with Crippen LogP contribution in [0.15, 0.2) is 22.7 Å². The summed E-state index contributed by atoms with van der Waals surface area (Å²) in [6.07, 6.45) is 1.10. The minimum Gasteiger partial charge on any atom is -0.487 e. The lowest BCUT2D eigenvalue weighted by atomic mass is 10.2. The number of halogens is 1. The fourth-order valence-electron chi connectivity index (χ4n) is 1.35. The Bertz CT molecular complexity index is 312. The average Bonchev–Trinajstić information content (AvgIpc) is 2.21. The number of rotatable bonds is 5. The van der Waals surface area contributed by atoms with Crippen molar-refractivity contribution in [3.63, 3.8) is 0 Å². The van der Waals surface area contributed by atoms with Crippen molar-refractivity contribution < 1.29 is 9.47 Å². The fourth-order valence-corrected chi connectivity index (χ4v) is 1.86. The molecule has 0 bridgehead atoms. The molecule has 0 saturated carbocycles. The first kappa shape index (κ1) is 12.5. The van der Waals surface area contributed by atoms with Crippen molar-refractivity contribution in [1.29, 1.82) is 0 Å². The van der Waals surface area contributed by atoms with E-state index in [1.807, 2.05) is 13.0 Å². The van der Waals surface area contributed by atoms with Gasteiger partial charge < -0.3 is 9.47 Å². The summed E-state index contributed by atoms with van der Waals surface area (Å²) in [6.45, 7) is 4.72. The van der Waals surface area contributed by atoms with E-state index in [0.717, 1.165) is 16.6 Å². The van der Waals surface area contributed by atoms with Gasteiger partial charge in [-0.3, -0.25) is 0 Å². The van der Waals surface area contributed by atoms with Crippen molar-refractivity contribution >= 4 is 15.9 Å². The Morgan fingerprint density at radius 2 is 2.13 bits per heavy atom. The largest absolute Gasteiger partial charge is 0.487 e. The van der Waals surface area contributed by atoms with Crippen LogP contribution in [0, 0.1) is 0 Å². The van der Waals surface area contributed by atoms with E-state index < -0.39 is 0 Å². The van der Waals surface area contributed by atoms with Crippen molar-refractivity contribution in [3.05, 3.63) is 28.2 Å². The number of benzene rings is 1. The summed E-state index contributed by atoms with van der Waals surface area (Å²) in [5.74, 6) is 0.872. The lowest BCUT2D eigenvalue weighted by Crippen LogP contribution is -2.18. The molecule has 1 atom stereocenters. The molecule has 0 fully saturated rings. The summed E-state index contributed by atoms with van der Waals surface area (Å²) >= 11 is 3.50. The van der Waals surface area contributed by atoms with E-state index in [4.69, 9.17) is 9.47 Å². The second-order valence-electron chi connectivity index (χ2n) is 3.50. The minimum atomic E-state index is 0.0683. The molecule has 0 radical (unpaired) electrons. The summed E-state index contributed by atoms with van der Waals surface area (Å²) in [7, 11) is 1.68. The second kappa shape index (κ2) is 6.13. The standard InChI is InChI=1S/C12H17BrO2/c1-4-10-5-6-12(11(13)7-10)15-9(2)8-14-3/h5-7,9H,4,8H2,1-3H3. The summed E-state index contributed by atoms with van der Waals surface area (Å²) in [5, 5.41) is 0. The molecule has 0 aliphatic rings. The third kappa shape index (κ3) is 3.84. The number of hydrogen-bond donors (Lipinski definition) is 0. The van der Waals surface area contributed by atoms with Gasteiger partial charge in [0.25, 0.3) is 0 Å². The maximum Gasteiger partial charge on any atom is 0.134 e. The molecule has 1 aromatic rings. The second-order valence-corrected chi connectivity index (χ2v) is 4.36. The molecule has 0 aliphatic heterocycles. The number of methoxy groups -OCH3 is 1. The smallest absolute Gasteiger partial charge is 0.134 e. The average molecular weight is 273 g/mol. The van der Waals surface area contributed by atoms with Crippen molar-refractivity contribution in [1.82, 2.24) is 0 Å². The number of hydrogen-bond acceptors (Lipinski definition) is 2. The molecule has 1 unspecified atom stereocenters. The van der Waals surface area contributed by atoms with E-state index in [0.29, 0.717) is 6.61 Å². The van der Waals surface area contributed by atoms with Crippen molar-refractivity contribution in [2.24, 2.45) is 0 Å². The number of ether oxygens (including phenoxy) is 2. The van der Waals surface area contributed by atoms with E-state index in [2.05, 4.69) is 35.0 Å². The summed E-state index contributed by atoms with van der Waals surface area (Å²) in [6, 6.07) is 6.17. The molecular weight excluding hydrogens is 256 g/mol. The molecule has 0 amide bonds. The van der Waals surface area contributed by atoms with Crippen LogP contribution in [-0.2, 0) is 11.2 Å². The Labute approximate surface area is 99.7 Å². The molecule has 0 heterocycles. The molecule has 0 N–H and O–H groups in total. The lowest BCUT2D eigenvalue weighted by molar-refractivity contribution is 0.0916. The number of aryl methyl sites for hydroxylation is 1. The zero-order valence-corrected chi connectivity index (χ0v) is 11.0. The Morgan fingerprint density at radius 3 is 2.67 bits per heavy atom. The molecule has 1 aromatic carbocycles. The highest BCUT2D eigenvalue weighted by Gasteiger charge is 2.06. The van der Waals surface area contributed by atoms with Gasteiger partial charge in [-0.2, -0.15) is 0 Å². The highest BCUT2D eigenvalue weighted by molar-refractivity contribution is 9.10. The Morgan fingerprint density at radius 1 is 1.40 bits per heavy atom. The van der Waals surface area contributed by atoms with Gasteiger partial charge in [0.1, 0.15) is 11.9 Å². The van der Waals surface area contributed by atoms with Crippen LogP contribution in [-0.4, -0.2) is 19.8 Å². The third-order valence-corrected chi connectivity index (χ3v) is 2.75. The fraction of sp³-hybridized carbons (Fsp3) is 0.500. The van der Waals surface area contributed by atoms with Crippen LogP contribution in [0.2, 0.25) is 0 Å². The maximum atomic E-state index is 5.71. The first-order valence-electron chi connectivity index (χ1n) is 5.11. The van der Waals surface area contributed by atoms with E-state index in [9.17, 15) is 0 Å². The van der Waals surface area contributed by atoms with E-state index in [-0.39, 0.29) is 6.10 Å². The molecule has 2 nitrogen and oxygen atoms in total. The van der Waals surface area contributed by atoms with Gasteiger partial charge in [-0.25, -0.2) is 0 Å². The Balaban J connectivity index is 2.69. The predicted molar refractivity (Wildman–Crippen MR) is 65.5 cm³/mol. The van der Waals surface area contributed by atoms with Crippen molar-refractivity contribution in [3.8, 4) is 5.75 Å². The molecule has 0 aliphatic carbocycles. The van der Waals surface area contributed by atoms with Crippen LogP contribution < -0.4 is 4.74 Å². The first-order chi connectivity index (χ1) is 7.17. The van der Waals surface area contributed by atoms with Crippen LogP contribution in [0.25, 0.3) is 0 Å². The maximum absolute atomic E-state index is 5.71.